The van der Waals surface area contributed by atoms with Crippen LogP contribution in [0.3, 0.4) is 0 Å². The second-order valence-electron chi connectivity index (χ2n) is 2.96. The van der Waals surface area contributed by atoms with E-state index in [-0.39, 0.29) is 0 Å². The summed E-state index contributed by atoms with van der Waals surface area (Å²) in [5.74, 6) is 2.07. The fraction of sp³-hybridized carbons (Fsp3) is 0.875. The van der Waals surface area contributed by atoms with Gasteiger partial charge in [-0.1, -0.05) is 24.8 Å². The SMILES string of the molecule is C=IC1CC(C)C1CC. The van der Waals surface area contributed by atoms with Crippen LogP contribution in [0.1, 0.15) is 26.7 Å². The normalized spacial score (nSPS) is 42.2. The van der Waals surface area contributed by atoms with Gasteiger partial charge in [0, 0.05) is 3.92 Å². The molecule has 0 amide bonds. The van der Waals surface area contributed by atoms with Crippen LogP contribution in [0.25, 0.3) is 0 Å². The molecule has 3 unspecified atom stereocenters. The molecule has 1 aliphatic carbocycles. The molecule has 0 aromatic heterocycles. The standard InChI is InChI=1S/C8H15I/c1-4-7-6(2)5-8(7)9-3/h6-8H,3-5H2,1-2H3. The van der Waals surface area contributed by atoms with E-state index in [9.17, 15) is 0 Å². The zero-order valence-corrected chi connectivity index (χ0v) is 8.39. The fourth-order valence-electron chi connectivity index (χ4n) is 1.70. The fourth-order valence-corrected chi connectivity index (χ4v) is 4.73. The first kappa shape index (κ1) is 7.70. The molecule has 1 heteroatoms. The van der Waals surface area contributed by atoms with Crippen LogP contribution in [0, 0.1) is 11.8 Å². The topological polar surface area (TPSA) is 0 Å². The van der Waals surface area contributed by atoms with Gasteiger partial charge in [-0.15, -0.1) is 20.7 Å². The van der Waals surface area contributed by atoms with Crippen LogP contribution in [-0.2, 0) is 0 Å². The van der Waals surface area contributed by atoms with Crippen molar-refractivity contribution in [1.82, 2.24) is 0 Å². The molecule has 1 aliphatic rings. The Morgan fingerprint density at radius 2 is 2.33 bits per heavy atom. The van der Waals surface area contributed by atoms with E-state index in [0.29, 0.717) is 20.7 Å². The largest absolute Gasteiger partial charge is 0.127 e. The molecule has 1 rings (SSSR count). The van der Waals surface area contributed by atoms with Gasteiger partial charge in [-0.25, -0.2) is 0 Å². The van der Waals surface area contributed by atoms with Gasteiger partial charge in [0.15, 0.2) is 0 Å². The predicted octanol–water partition coefficient (Wildman–Crippen LogP) is 2.82. The second-order valence-corrected chi connectivity index (χ2v) is 5.44. The van der Waals surface area contributed by atoms with E-state index >= 15 is 0 Å². The Bertz CT molecular complexity index is 109. The lowest BCUT2D eigenvalue weighted by Gasteiger charge is -2.40. The van der Waals surface area contributed by atoms with Crippen molar-refractivity contribution >= 4 is 25.2 Å². The van der Waals surface area contributed by atoms with E-state index in [4.69, 9.17) is 0 Å². The molecule has 0 aromatic carbocycles. The summed E-state index contributed by atoms with van der Waals surface area (Å²) in [7, 11) is 0. The van der Waals surface area contributed by atoms with Gasteiger partial charge in [-0.2, -0.15) is 0 Å². The molecule has 0 spiro atoms. The van der Waals surface area contributed by atoms with E-state index in [1.165, 1.54) is 12.8 Å². The van der Waals surface area contributed by atoms with Gasteiger partial charge in [0.25, 0.3) is 0 Å². The van der Waals surface area contributed by atoms with Crippen molar-refractivity contribution in [2.45, 2.75) is 30.6 Å². The first-order chi connectivity index (χ1) is 4.29. The molecule has 0 nitrogen and oxygen atoms in total. The van der Waals surface area contributed by atoms with Gasteiger partial charge in [-0.05, 0) is 18.3 Å². The van der Waals surface area contributed by atoms with Crippen LogP contribution >= 0.6 is 20.7 Å². The Balaban J connectivity index is 2.37. The smallest absolute Gasteiger partial charge is 0.00902 e. The third kappa shape index (κ3) is 1.36. The summed E-state index contributed by atoms with van der Waals surface area (Å²) in [5, 5.41) is 0. The van der Waals surface area contributed by atoms with Crippen LogP contribution in [0.2, 0.25) is 0 Å². The molecule has 1 saturated carbocycles. The first-order valence-electron chi connectivity index (χ1n) is 3.66. The van der Waals surface area contributed by atoms with Crippen molar-refractivity contribution in [3.63, 3.8) is 0 Å². The van der Waals surface area contributed by atoms with Gasteiger partial charge >= 0.3 is 0 Å². The van der Waals surface area contributed by atoms with E-state index in [1.807, 2.05) is 0 Å². The highest BCUT2D eigenvalue weighted by Crippen LogP contribution is 2.43. The van der Waals surface area contributed by atoms with Crippen molar-refractivity contribution in [1.29, 1.82) is 0 Å². The lowest BCUT2D eigenvalue weighted by Crippen LogP contribution is -2.35. The van der Waals surface area contributed by atoms with Gasteiger partial charge in [0.1, 0.15) is 0 Å². The molecule has 3 atom stereocenters. The van der Waals surface area contributed by atoms with Crippen LogP contribution in [0.15, 0.2) is 0 Å². The maximum absolute atomic E-state index is 4.05. The summed E-state index contributed by atoms with van der Waals surface area (Å²) in [6.45, 7) is 4.69. The van der Waals surface area contributed by atoms with Crippen molar-refractivity contribution in [2.75, 3.05) is 0 Å². The molecule has 1 fully saturated rings. The molecule has 0 aromatic rings. The predicted molar refractivity (Wildman–Crippen MR) is 52.5 cm³/mol. The first-order valence-corrected chi connectivity index (χ1v) is 6.43. The molecule has 9 heavy (non-hydrogen) atoms. The van der Waals surface area contributed by atoms with Gasteiger partial charge in [0.2, 0.25) is 0 Å². The maximum atomic E-state index is 4.05. The van der Waals surface area contributed by atoms with Gasteiger partial charge in [-0.3, -0.25) is 0 Å². The van der Waals surface area contributed by atoms with Crippen LogP contribution in [0.5, 0.6) is 0 Å². The summed E-state index contributed by atoms with van der Waals surface area (Å²) in [6.07, 6.45) is 2.87. The minimum atomic E-state index is 0.308. The minimum absolute atomic E-state index is 0.308. The molecule has 0 saturated heterocycles. The number of alkyl halides is 1. The Labute approximate surface area is 67.8 Å². The maximum Gasteiger partial charge on any atom is 0.00902 e. The van der Waals surface area contributed by atoms with Gasteiger partial charge < -0.3 is 0 Å². The molecule has 54 valence electrons. The third-order valence-electron chi connectivity index (χ3n) is 2.46. The van der Waals surface area contributed by atoms with E-state index in [0.717, 1.165) is 15.8 Å². The molecule has 0 aliphatic heterocycles. The highest BCUT2D eigenvalue weighted by atomic mass is 127. The number of halogens is 1. The second kappa shape index (κ2) is 3.13. The van der Waals surface area contributed by atoms with Crippen LogP contribution in [-0.4, -0.2) is 8.44 Å². The zero-order valence-electron chi connectivity index (χ0n) is 6.23. The van der Waals surface area contributed by atoms with E-state index in [1.54, 1.807) is 0 Å². The Kier molecular flexibility index (Phi) is 2.68. The molecule has 0 heterocycles. The summed E-state index contributed by atoms with van der Waals surface area (Å²) < 4.78 is 5.12. The summed E-state index contributed by atoms with van der Waals surface area (Å²) in [6, 6.07) is 0. The van der Waals surface area contributed by atoms with Crippen molar-refractivity contribution in [3.05, 3.63) is 0 Å². The highest BCUT2D eigenvalue weighted by molar-refractivity contribution is 14.2. The van der Waals surface area contributed by atoms with Crippen molar-refractivity contribution in [2.24, 2.45) is 11.8 Å². The summed E-state index contributed by atoms with van der Waals surface area (Å²) in [5.41, 5.74) is 0. The number of rotatable bonds is 2. The van der Waals surface area contributed by atoms with E-state index < -0.39 is 0 Å². The Morgan fingerprint density at radius 3 is 2.56 bits per heavy atom. The minimum Gasteiger partial charge on any atom is -0.127 e. The molecular weight excluding hydrogens is 223 g/mol. The van der Waals surface area contributed by atoms with E-state index in [2.05, 4.69) is 18.4 Å². The average Bonchev–Trinajstić information content (AvgIpc) is 1.83. The van der Waals surface area contributed by atoms with Crippen LogP contribution < -0.4 is 0 Å². The average molecular weight is 238 g/mol. The number of hydrogen-bond acceptors (Lipinski definition) is 0. The summed E-state index contributed by atoms with van der Waals surface area (Å²) >= 11 is 0.308. The lowest BCUT2D eigenvalue weighted by molar-refractivity contribution is 0.214. The molecular formula is C8H15I. The van der Waals surface area contributed by atoms with Crippen molar-refractivity contribution in [3.8, 4) is 0 Å². The lowest BCUT2D eigenvalue weighted by atomic mass is 9.73. The highest BCUT2D eigenvalue weighted by Gasteiger charge is 2.34. The van der Waals surface area contributed by atoms with Crippen LogP contribution in [0.4, 0.5) is 0 Å². The van der Waals surface area contributed by atoms with Gasteiger partial charge in [0.05, 0.1) is 0 Å². The third-order valence-corrected chi connectivity index (χ3v) is 5.03. The Morgan fingerprint density at radius 1 is 1.67 bits per heavy atom. The number of hydrogen-bond donors (Lipinski definition) is 0. The molecule has 0 N–H and O–H groups in total. The van der Waals surface area contributed by atoms with Crippen molar-refractivity contribution < 1.29 is 0 Å². The monoisotopic (exact) mass is 238 g/mol. The molecule has 0 bridgehead atoms. The quantitative estimate of drug-likeness (QED) is 0.512. The Hall–Kier alpha value is 0.600. The zero-order chi connectivity index (χ0) is 6.85. The molecule has 0 radical (unpaired) electrons. The summed E-state index contributed by atoms with van der Waals surface area (Å²) in [4.78, 5) is 0.